The zero-order chi connectivity index (χ0) is 22.5. The lowest BCUT2D eigenvalue weighted by molar-refractivity contribution is 0.0939. The molecule has 0 saturated heterocycles. The van der Waals surface area contributed by atoms with Gasteiger partial charge >= 0.3 is 0 Å². The molecule has 5 heteroatoms. The Labute approximate surface area is 195 Å². The molecule has 4 nitrogen and oxygen atoms in total. The molecular weight excluding hydrogens is 414 g/mol. The predicted molar refractivity (Wildman–Crippen MR) is 137 cm³/mol. The average Bonchev–Trinajstić information content (AvgIpc) is 2.80. The maximum Gasteiger partial charge on any atom is 0.252 e. The lowest BCUT2D eigenvalue weighted by Crippen LogP contribution is -2.38. The van der Waals surface area contributed by atoms with Gasteiger partial charge in [0.2, 0.25) is 0 Å². The minimum Gasteiger partial charge on any atom is -0.360 e. The molecule has 3 aromatic carbocycles. The first-order valence-electron chi connectivity index (χ1n) is 11.5. The zero-order valence-electron chi connectivity index (χ0n) is 18.8. The van der Waals surface area contributed by atoms with E-state index >= 15 is 0 Å². The molecule has 3 N–H and O–H groups in total. The van der Waals surface area contributed by atoms with Crippen molar-refractivity contribution in [3.63, 3.8) is 0 Å². The Morgan fingerprint density at radius 3 is 2.56 bits per heavy atom. The summed E-state index contributed by atoms with van der Waals surface area (Å²) in [5.41, 5.74) is 3.53. The fourth-order valence-corrected chi connectivity index (χ4v) is 4.81. The quantitative estimate of drug-likeness (QED) is 0.406. The Hall–Kier alpha value is -2.92. The van der Waals surface area contributed by atoms with Crippen molar-refractivity contribution in [1.29, 1.82) is 0 Å². The number of carbonyl (C=O) groups is 1. The van der Waals surface area contributed by atoms with Crippen LogP contribution in [0, 0.1) is 6.92 Å². The highest BCUT2D eigenvalue weighted by Gasteiger charge is 2.17. The number of hydrogen-bond acceptors (Lipinski definition) is 2. The fraction of sp³-hybridized carbons (Fsp3) is 0.333. The van der Waals surface area contributed by atoms with Gasteiger partial charge in [-0.3, -0.25) is 4.79 Å². The highest BCUT2D eigenvalue weighted by molar-refractivity contribution is 7.80. The van der Waals surface area contributed by atoms with Gasteiger partial charge in [0.05, 0.1) is 6.04 Å². The van der Waals surface area contributed by atoms with Gasteiger partial charge in [0, 0.05) is 17.3 Å². The summed E-state index contributed by atoms with van der Waals surface area (Å²) in [6.45, 7) is 3.99. The Bertz CT molecular complexity index is 1120. The van der Waals surface area contributed by atoms with Crippen molar-refractivity contribution in [2.45, 2.75) is 58.0 Å². The van der Waals surface area contributed by atoms with Gasteiger partial charge in [-0.25, -0.2) is 0 Å². The first-order valence-corrected chi connectivity index (χ1v) is 11.9. The van der Waals surface area contributed by atoms with Crippen LogP contribution in [0.4, 0.5) is 5.69 Å². The molecular formula is C27H31N3OS. The average molecular weight is 446 g/mol. The minimum atomic E-state index is -0.112. The molecule has 0 radical (unpaired) electrons. The topological polar surface area (TPSA) is 53.2 Å². The van der Waals surface area contributed by atoms with Gasteiger partial charge in [-0.15, -0.1) is 0 Å². The maximum atomic E-state index is 13.2. The molecule has 0 aromatic heterocycles. The standard InChI is InChI=1S/C27H31N3OS/c1-18-15-16-22(30-27(32)29-21-11-4-3-5-12-21)17-25(18)26(31)28-19(2)23-14-8-10-20-9-6-7-13-24(20)23/h6-10,13-17,19,21H,3-5,11-12H2,1-2H3,(H,28,31)(H2,29,30,32)/t19-/m1/s1. The van der Waals surface area contributed by atoms with E-state index in [1.807, 2.05) is 50.2 Å². The van der Waals surface area contributed by atoms with E-state index in [-0.39, 0.29) is 11.9 Å². The third kappa shape index (κ3) is 5.28. The Balaban J connectivity index is 1.45. The van der Waals surface area contributed by atoms with Gasteiger partial charge in [-0.05, 0) is 72.9 Å². The largest absolute Gasteiger partial charge is 0.360 e. The third-order valence-electron chi connectivity index (χ3n) is 6.32. The van der Waals surface area contributed by atoms with Gasteiger partial charge in [-0.1, -0.05) is 67.8 Å². The van der Waals surface area contributed by atoms with Crippen LogP contribution in [0.3, 0.4) is 0 Å². The maximum absolute atomic E-state index is 13.2. The summed E-state index contributed by atoms with van der Waals surface area (Å²) in [6, 6.07) is 20.6. The number of rotatable bonds is 5. The van der Waals surface area contributed by atoms with Crippen molar-refractivity contribution in [2.24, 2.45) is 0 Å². The summed E-state index contributed by atoms with van der Waals surface area (Å²) < 4.78 is 0. The van der Waals surface area contributed by atoms with E-state index in [4.69, 9.17) is 12.2 Å². The molecule has 1 saturated carbocycles. The van der Waals surface area contributed by atoms with Crippen LogP contribution in [-0.2, 0) is 0 Å². The van der Waals surface area contributed by atoms with E-state index in [0.717, 1.165) is 35.0 Å². The van der Waals surface area contributed by atoms with Crippen LogP contribution in [-0.4, -0.2) is 17.1 Å². The smallest absolute Gasteiger partial charge is 0.252 e. The van der Waals surface area contributed by atoms with Crippen LogP contribution in [0.5, 0.6) is 0 Å². The summed E-state index contributed by atoms with van der Waals surface area (Å²) in [5.74, 6) is -0.0854. The second-order valence-electron chi connectivity index (χ2n) is 8.73. The molecule has 1 fully saturated rings. The van der Waals surface area contributed by atoms with E-state index in [1.54, 1.807) is 0 Å². The lowest BCUT2D eigenvalue weighted by atomic mass is 9.96. The summed E-state index contributed by atoms with van der Waals surface area (Å²) in [5, 5.41) is 12.8. The molecule has 0 aliphatic heterocycles. The van der Waals surface area contributed by atoms with Crippen LogP contribution in [0.15, 0.2) is 60.7 Å². The summed E-state index contributed by atoms with van der Waals surface area (Å²) >= 11 is 5.51. The van der Waals surface area contributed by atoms with Gasteiger partial charge < -0.3 is 16.0 Å². The van der Waals surface area contributed by atoms with E-state index in [9.17, 15) is 4.79 Å². The Morgan fingerprint density at radius 1 is 1.00 bits per heavy atom. The van der Waals surface area contributed by atoms with Gasteiger partial charge in [-0.2, -0.15) is 0 Å². The molecule has 0 heterocycles. The molecule has 1 amide bonds. The number of nitrogens with one attached hydrogen (secondary N) is 3. The molecule has 0 bridgehead atoms. The zero-order valence-corrected chi connectivity index (χ0v) is 19.6. The third-order valence-corrected chi connectivity index (χ3v) is 6.54. The first kappa shape index (κ1) is 22.3. The number of amides is 1. The molecule has 3 aromatic rings. The van der Waals surface area contributed by atoms with Crippen molar-refractivity contribution in [3.8, 4) is 0 Å². The number of anilines is 1. The summed E-state index contributed by atoms with van der Waals surface area (Å²) in [7, 11) is 0. The van der Waals surface area contributed by atoms with Crippen molar-refractivity contribution in [2.75, 3.05) is 5.32 Å². The first-order chi connectivity index (χ1) is 15.5. The fourth-order valence-electron chi connectivity index (χ4n) is 4.52. The Morgan fingerprint density at radius 2 is 1.75 bits per heavy atom. The van der Waals surface area contributed by atoms with Crippen LogP contribution < -0.4 is 16.0 Å². The minimum absolute atomic E-state index is 0.0854. The van der Waals surface area contributed by atoms with Gasteiger partial charge in [0.25, 0.3) is 5.91 Å². The molecule has 0 unspecified atom stereocenters. The van der Waals surface area contributed by atoms with E-state index in [1.165, 1.54) is 24.6 Å². The number of hydrogen-bond donors (Lipinski definition) is 3. The predicted octanol–water partition coefficient (Wildman–Crippen LogP) is 6.26. The molecule has 1 aliphatic rings. The lowest BCUT2D eigenvalue weighted by Gasteiger charge is -2.24. The van der Waals surface area contributed by atoms with Crippen LogP contribution in [0.2, 0.25) is 0 Å². The number of carbonyl (C=O) groups excluding carboxylic acids is 1. The number of thiocarbonyl (C=S) groups is 1. The van der Waals surface area contributed by atoms with Gasteiger partial charge in [0.15, 0.2) is 5.11 Å². The molecule has 4 rings (SSSR count). The summed E-state index contributed by atoms with van der Waals surface area (Å²) in [6.07, 6.45) is 6.14. The van der Waals surface area contributed by atoms with E-state index in [2.05, 4.69) is 40.2 Å². The van der Waals surface area contributed by atoms with E-state index < -0.39 is 0 Å². The van der Waals surface area contributed by atoms with Crippen LogP contribution in [0.1, 0.15) is 66.6 Å². The van der Waals surface area contributed by atoms with Crippen LogP contribution in [0.25, 0.3) is 10.8 Å². The summed E-state index contributed by atoms with van der Waals surface area (Å²) in [4.78, 5) is 13.2. The number of aryl methyl sites for hydroxylation is 1. The SMILES string of the molecule is Cc1ccc(NC(=S)NC2CCCCC2)cc1C(=O)N[C@H](C)c1cccc2ccccc12. The molecule has 0 spiro atoms. The van der Waals surface area contributed by atoms with Gasteiger partial charge in [0.1, 0.15) is 0 Å². The van der Waals surface area contributed by atoms with Crippen molar-refractivity contribution in [1.82, 2.24) is 10.6 Å². The normalized spacial score (nSPS) is 15.2. The molecule has 1 atom stereocenters. The van der Waals surface area contributed by atoms with Crippen molar-refractivity contribution in [3.05, 3.63) is 77.4 Å². The second kappa shape index (κ2) is 10.1. The molecule has 1 aliphatic carbocycles. The Kier molecular flexibility index (Phi) is 7.05. The highest BCUT2D eigenvalue weighted by atomic mass is 32.1. The molecule has 32 heavy (non-hydrogen) atoms. The van der Waals surface area contributed by atoms with Crippen LogP contribution >= 0.6 is 12.2 Å². The number of benzene rings is 3. The second-order valence-corrected chi connectivity index (χ2v) is 9.13. The van der Waals surface area contributed by atoms with E-state index in [0.29, 0.717) is 16.7 Å². The van der Waals surface area contributed by atoms with Crippen molar-refractivity contribution < 1.29 is 4.79 Å². The van der Waals surface area contributed by atoms with Crippen molar-refractivity contribution >= 4 is 39.7 Å². The number of fused-ring (bicyclic) bond motifs is 1. The monoisotopic (exact) mass is 445 g/mol. The molecule has 166 valence electrons. The highest BCUT2D eigenvalue weighted by Crippen LogP contribution is 2.25.